The molecule has 0 bridgehead atoms. The number of aromatic nitrogens is 3. The van der Waals surface area contributed by atoms with Gasteiger partial charge in [-0.2, -0.15) is 0 Å². The van der Waals surface area contributed by atoms with Gasteiger partial charge in [0, 0.05) is 23.6 Å². The lowest BCUT2D eigenvalue weighted by atomic mass is 10.2. The standard InChI is InChI=1S/C18H16N4O3/c1-25-15-3-2-8-22-17(15)21-16(13(10-23)18(22)24)20-12-5-4-11-6-7-19-14(11)9-12/h2-9,19-20,23H,10H2,1H3. The molecule has 4 aromatic rings. The second kappa shape index (κ2) is 5.95. The Morgan fingerprint density at radius 3 is 3.00 bits per heavy atom. The van der Waals surface area contributed by atoms with E-state index in [1.165, 1.54) is 11.5 Å². The second-order valence-electron chi connectivity index (χ2n) is 5.58. The molecule has 3 N–H and O–H groups in total. The highest BCUT2D eigenvalue weighted by Crippen LogP contribution is 2.24. The van der Waals surface area contributed by atoms with Gasteiger partial charge in [-0.05, 0) is 35.7 Å². The summed E-state index contributed by atoms with van der Waals surface area (Å²) in [6, 6.07) is 11.2. The average Bonchev–Trinajstić information content (AvgIpc) is 3.09. The number of pyridine rings is 1. The maximum Gasteiger partial charge on any atom is 0.265 e. The zero-order valence-electron chi connectivity index (χ0n) is 13.5. The number of methoxy groups -OCH3 is 1. The van der Waals surface area contributed by atoms with Crippen LogP contribution in [0.25, 0.3) is 16.6 Å². The summed E-state index contributed by atoms with van der Waals surface area (Å²) < 4.78 is 6.66. The van der Waals surface area contributed by atoms with E-state index in [1.807, 2.05) is 30.5 Å². The average molecular weight is 336 g/mol. The summed E-state index contributed by atoms with van der Waals surface area (Å²) in [5.74, 6) is 0.787. The molecule has 3 heterocycles. The lowest BCUT2D eigenvalue weighted by Gasteiger charge is -2.13. The third-order valence-electron chi connectivity index (χ3n) is 4.11. The van der Waals surface area contributed by atoms with Gasteiger partial charge in [-0.15, -0.1) is 0 Å². The third-order valence-corrected chi connectivity index (χ3v) is 4.11. The van der Waals surface area contributed by atoms with E-state index in [-0.39, 0.29) is 11.1 Å². The topological polar surface area (TPSA) is 91.6 Å². The van der Waals surface area contributed by atoms with Crippen molar-refractivity contribution in [3.63, 3.8) is 0 Å². The van der Waals surface area contributed by atoms with Crippen LogP contribution in [0.3, 0.4) is 0 Å². The van der Waals surface area contributed by atoms with Gasteiger partial charge in [-0.3, -0.25) is 9.20 Å². The molecule has 126 valence electrons. The van der Waals surface area contributed by atoms with Crippen molar-refractivity contribution in [2.75, 3.05) is 12.4 Å². The van der Waals surface area contributed by atoms with E-state index in [4.69, 9.17) is 4.74 Å². The summed E-state index contributed by atoms with van der Waals surface area (Å²) in [4.78, 5) is 20.3. The number of benzene rings is 1. The first-order chi connectivity index (χ1) is 12.2. The van der Waals surface area contributed by atoms with Gasteiger partial charge in [0.1, 0.15) is 5.82 Å². The van der Waals surface area contributed by atoms with Crippen molar-refractivity contribution in [2.24, 2.45) is 0 Å². The summed E-state index contributed by atoms with van der Waals surface area (Å²) in [5.41, 5.74) is 1.96. The molecular formula is C18H16N4O3. The van der Waals surface area contributed by atoms with Crippen molar-refractivity contribution in [3.05, 3.63) is 64.7 Å². The molecule has 0 saturated heterocycles. The molecule has 7 heteroatoms. The molecule has 1 aromatic carbocycles. The zero-order valence-corrected chi connectivity index (χ0v) is 13.5. The van der Waals surface area contributed by atoms with Crippen molar-refractivity contribution in [3.8, 4) is 5.75 Å². The number of H-pyrrole nitrogens is 1. The Labute approximate surface area is 142 Å². The van der Waals surface area contributed by atoms with E-state index in [0.29, 0.717) is 17.2 Å². The van der Waals surface area contributed by atoms with Gasteiger partial charge in [0.25, 0.3) is 5.56 Å². The monoisotopic (exact) mass is 336 g/mol. The summed E-state index contributed by atoms with van der Waals surface area (Å²) in [6.45, 7) is -0.418. The van der Waals surface area contributed by atoms with Crippen LogP contribution in [0.5, 0.6) is 5.75 Å². The van der Waals surface area contributed by atoms with Crippen LogP contribution in [0.1, 0.15) is 5.56 Å². The Kier molecular flexibility index (Phi) is 3.62. The van der Waals surface area contributed by atoms with Crippen LogP contribution in [-0.2, 0) is 6.61 Å². The number of rotatable bonds is 4. The minimum atomic E-state index is -0.418. The van der Waals surface area contributed by atoms with Crippen molar-refractivity contribution < 1.29 is 9.84 Å². The van der Waals surface area contributed by atoms with Crippen LogP contribution >= 0.6 is 0 Å². The summed E-state index contributed by atoms with van der Waals surface area (Å²) in [7, 11) is 1.52. The van der Waals surface area contributed by atoms with Crippen molar-refractivity contribution in [1.82, 2.24) is 14.4 Å². The molecule has 0 aliphatic heterocycles. The number of hydrogen-bond acceptors (Lipinski definition) is 5. The van der Waals surface area contributed by atoms with Crippen molar-refractivity contribution in [1.29, 1.82) is 0 Å². The fourth-order valence-corrected chi connectivity index (χ4v) is 2.84. The van der Waals surface area contributed by atoms with Gasteiger partial charge in [0.05, 0.1) is 19.3 Å². The number of ether oxygens (including phenoxy) is 1. The maximum absolute atomic E-state index is 12.7. The maximum atomic E-state index is 12.7. The van der Waals surface area contributed by atoms with Gasteiger partial charge >= 0.3 is 0 Å². The van der Waals surface area contributed by atoms with E-state index in [2.05, 4.69) is 15.3 Å². The summed E-state index contributed by atoms with van der Waals surface area (Å²) in [5, 5.41) is 13.9. The van der Waals surface area contributed by atoms with Crippen LogP contribution in [0.15, 0.2) is 53.6 Å². The lowest BCUT2D eigenvalue weighted by molar-refractivity contribution is 0.280. The van der Waals surface area contributed by atoms with Crippen LogP contribution in [0.4, 0.5) is 11.5 Å². The number of aromatic amines is 1. The molecule has 0 aliphatic rings. The number of nitrogens with one attached hydrogen (secondary N) is 2. The van der Waals surface area contributed by atoms with E-state index in [0.717, 1.165) is 16.6 Å². The molecule has 25 heavy (non-hydrogen) atoms. The minimum Gasteiger partial charge on any atom is -0.493 e. The Hall–Kier alpha value is -3.32. The van der Waals surface area contributed by atoms with Gasteiger partial charge in [0.15, 0.2) is 11.4 Å². The van der Waals surface area contributed by atoms with Crippen molar-refractivity contribution >= 4 is 28.1 Å². The minimum absolute atomic E-state index is 0.192. The van der Waals surface area contributed by atoms with Crippen LogP contribution in [0.2, 0.25) is 0 Å². The fraction of sp³-hybridized carbons (Fsp3) is 0.111. The van der Waals surface area contributed by atoms with E-state index >= 15 is 0 Å². The molecule has 0 spiro atoms. The summed E-state index contributed by atoms with van der Waals surface area (Å²) in [6.07, 6.45) is 3.46. The van der Waals surface area contributed by atoms with Crippen molar-refractivity contribution in [2.45, 2.75) is 6.61 Å². The number of anilines is 2. The molecule has 0 aliphatic carbocycles. The molecule has 0 unspecified atom stereocenters. The Morgan fingerprint density at radius 1 is 1.32 bits per heavy atom. The predicted octanol–water partition coefficient (Wildman–Crippen LogP) is 2.42. The first kappa shape index (κ1) is 15.2. The quantitative estimate of drug-likeness (QED) is 0.532. The largest absolute Gasteiger partial charge is 0.493 e. The summed E-state index contributed by atoms with van der Waals surface area (Å²) >= 11 is 0. The molecule has 0 radical (unpaired) electrons. The lowest BCUT2D eigenvalue weighted by Crippen LogP contribution is -2.22. The number of aliphatic hydroxyl groups excluding tert-OH is 1. The number of nitrogens with zero attached hydrogens (tertiary/aromatic N) is 2. The Bertz CT molecular complexity index is 1130. The van der Waals surface area contributed by atoms with E-state index in [9.17, 15) is 9.90 Å². The molecule has 0 atom stereocenters. The highest BCUT2D eigenvalue weighted by Gasteiger charge is 2.15. The number of fused-ring (bicyclic) bond motifs is 2. The van der Waals surface area contributed by atoms with Crippen LogP contribution in [0, 0.1) is 0 Å². The fourth-order valence-electron chi connectivity index (χ4n) is 2.84. The third kappa shape index (κ3) is 2.50. The first-order valence-electron chi connectivity index (χ1n) is 7.74. The van der Waals surface area contributed by atoms with Gasteiger partial charge in [0.2, 0.25) is 0 Å². The Balaban J connectivity index is 1.88. The molecule has 0 fully saturated rings. The molecule has 0 amide bonds. The molecule has 7 nitrogen and oxygen atoms in total. The smallest absolute Gasteiger partial charge is 0.265 e. The number of aliphatic hydroxyl groups is 1. The predicted molar refractivity (Wildman–Crippen MR) is 95.5 cm³/mol. The molecule has 0 saturated carbocycles. The number of hydrogen-bond donors (Lipinski definition) is 3. The highest BCUT2D eigenvalue weighted by molar-refractivity contribution is 5.83. The molecular weight excluding hydrogens is 320 g/mol. The first-order valence-corrected chi connectivity index (χ1v) is 7.74. The van der Waals surface area contributed by atoms with Gasteiger partial charge in [-0.25, -0.2) is 4.98 Å². The normalized spacial score (nSPS) is 11.1. The highest BCUT2D eigenvalue weighted by atomic mass is 16.5. The zero-order chi connectivity index (χ0) is 17.4. The Morgan fingerprint density at radius 2 is 2.20 bits per heavy atom. The van der Waals surface area contributed by atoms with Crippen LogP contribution < -0.4 is 15.6 Å². The van der Waals surface area contributed by atoms with Crippen LogP contribution in [-0.4, -0.2) is 26.6 Å². The van der Waals surface area contributed by atoms with E-state index in [1.54, 1.807) is 18.3 Å². The molecule has 4 rings (SSSR count). The molecule has 3 aromatic heterocycles. The second-order valence-corrected chi connectivity index (χ2v) is 5.58. The SMILES string of the molecule is COc1cccn2c(=O)c(CO)c(Nc3ccc4cc[nH]c4c3)nc12. The van der Waals surface area contributed by atoms with E-state index < -0.39 is 6.61 Å². The van der Waals surface area contributed by atoms with Gasteiger partial charge in [-0.1, -0.05) is 6.07 Å². The van der Waals surface area contributed by atoms with Gasteiger partial charge < -0.3 is 20.1 Å².